The second-order valence-electron chi connectivity index (χ2n) is 4.99. The number of hydrogen-bond donors (Lipinski definition) is 1. The minimum Gasteiger partial charge on any atom is -0.316 e. The third-order valence-electron chi connectivity index (χ3n) is 3.59. The first-order valence-electron chi connectivity index (χ1n) is 6.85. The number of rotatable bonds is 6. The molecular weight excluding hydrogens is 238 g/mol. The Morgan fingerprint density at radius 2 is 2.21 bits per heavy atom. The molecule has 0 saturated carbocycles. The summed E-state index contributed by atoms with van der Waals surface area (Å²) in [6.45, 7) is 8.05. The molecule has 0 saturated heterocycles. The fourth-order valence-electron chi connectivity index (χ4n) is 2.06. The summed E-state index contributed by atoms with van der Waals surface area (Å²) in [5.41, 5.74) is 3.50. The number of aromatic nitrogens is 4. The maximum atomic E-state index is 4.61. The van der Waals surface area contributed by atoms with E-state index >= 15 is 0 Å². The van der Waals surface area contributed by atoms with Crippen LogP contribution in [0.15, 0.2) is 18.5 Å². The Labute approximate surface area is 114 Å². The Hall–Kier alpha value is -1.62. The van der Waals surface area contributed by atoms with Gasteiger partial charge in [-0.3, -0.25) is 9.36 Å². The monoisotopic (exact) mass is 261 g/mol. The third kappa shape index (κ3) is 3.04. The van der Waals surface area contributed by atoms with Gasteiger partial charge in [0.25, 0.3) is 0 Å². The standard InChI is InChI=1S/C14H23N5/c1-5-11(2)18-7-6-14(17-18)10-19-12(3)13(8-15-4)9-16-19/h6-7,9,11,15H,5,8,10H2,1-4H3. The summed E-state index contributed by atoms with van der Waals surface area (Å²) in [6.07, 6.45) is 5.07. The largest absolute Gasteiger partial charge is 0.316 e. The predicted molar refractivity (Wildman–Crippen MR) is 76.1 cm³/mol. The normalized spacial score (nSPS) is 12.8. The average molecular weight is 261 g/mol. The van der Waals surface area contributed by atoms with Gasteiger partial charge < -0.3 is 5.32 Å². The van der Waals surface area contributed by atoms with Crippen LogP contribution in [-0.4, -0.2) is 26.6 Å². The van der Waals surface area contributed by atoms with E-state index in [-0.39, 0.29) is 0 Å². The van der Waals surface area contributed by atoms with Crippen LogP contribution in [0, 0.1) is 6.92 Å². The van der Waals surface area contributed by atoms with Gasteiger partial charge in [0.1, 0.15) is 0 Å². The molecule has 0 aromatic carbocycles. The molecule has 0 aliphatic heterocycles. The van der Waals surface area contributed by atoms with Crippen molar-refractivity contribution in [3.05, 3.63) is 35.4 Å². The zero-order valence-corrected chi connectivity index (χ0v) is 12.2. The molecule has 2 heterocycles. The molecule has 19 heavy (non-hydrogen) atoms. The number of hydrogen-bond acceptors (Lipinski definition) is 3. The van der Waals surface area contributed by atoms with Crippen molar-refractivity contribution in [2.45, 2.75) is 46.3 Å². The van der Waals surface area contributed by atoms with Crippen molar-refractivity contribution in [3.8, 4) is 0 Å². The van der Waals surface area contributed by atoms with E-state index in [0.29, 0.717) is 6.04 Å². The van der Waals surface area contributed by atoms with Crippen molar-refractivity contribution >= 4 is 0 Å². The molecule has 2 aromatic rings. The van der Waals surface area contributed by atoms with Crippen molar-refractivity contribution in [1.82, 2.24) is 24.9 Å². The molecule has 1 N–H and O–H groups in total. The van der Waals surface area contributed by atoms with Gasteiger partial charge in [-0.15, -0.1) is 0 Å². The van der Waals surface area contributed by atoms with Crippen LogP contribution < -0.4 is 5.32 Å². The molecule has 0 spiro atoms. The summed E-state index contributed by atoms with van der Waals surface area (Å²) >= 11 is 0. The Morgan fingerprint density at radius 3 is 2.89 bits per heavy atom. The second-order valence-corrected chi connectivity index (χ2v) is 4.99. The van der Waals surface area contributed by atoms with Crippen LogP contribution in [0.3, 0.4) is 0 Å². The van der Waals surface area contributed by atoms with E-state index < -0.39 is 0 Å². The molecule has 2 aromatic heterocycles. The van der Waals surface area contributed by atoms with E-state index in [9.17, 15) is 0 Å². The van der Waals surface area contributed by atoms with Crippen LogP contribution in [0.1, 0.15) is 43.3 Å². The topological polar surface area (TPSA) is 47.7 Å². The summed E-state index contributed by atoms with van der Waals surface area (Å²) in [6, 6.07) is 2.53. The summed E-state index contributed by atoms with van der Waals surface area (Å²) in [4.78, 5) is 0. The van der Waals surface area contributed by atoms with Gasteiger partial charge in [0, 0.05) is 30.0 Å². The molecular formula is C14H23N5. The quantitative estimate of drug-likeness (QED) is 0.866. The fraction of sp³-hybridized carbons (Fsp3) is 0.571. The predicted octanol–water partition coefficient (Wildman–Crippen LogP) is 2.13. The molecule has 2 rings (SSSR count). The Morgan fingerprint density at radius 1 is 1.42 bits per heavy atom. The lowest BCUT2D eigenvalue weighted by molar-refractivity contribution is 0.470. The van der Waals surface area contributed by atoms with E-state index in [4.69, 9.17) is 0 Å². The van der Waals surface area contributed by atoms with Crippen LogP contribution in [0.4, 0.5) is 0 Å². The zero-order chi connectivity index (χ0) is 13.8. The van der Waals surface area contributed by atoms with Crippen LogP contribution in [0.2, 0.25) is 0 Å². The van der Waals surface area contributed by atoms with Gasteiger partial charge in [-0.1, -0.05) is 6.92 Å². The second kappa shape index (κ2) is 6.02. The molecule has 1 atom stereocenters. The maximum Gasteiger partial charge on any atom is 0.0852 e. The van der Waals surface area contributed by atoms with Crippen molar-refractivity contribution in [1.29, 1.82) is 0 Å². The number of nitrogens with one attached hydrogen (secondary N) is 1. The SMILES string of the molecule is CCC(C)n1ccc(Cn2ncc(CNC)c2C)n1. The van der Waals surface area contributed by atoms with E-state index in [1.165, 1.54) is 11.3 Å². The first-order chi connectivity index (χ1) is 9.15. The molecule has 104 valence electrons. The van der Waals surface area contributed by atoms with E-state index in [1.807, 2.05) is 22.6 Å². The Balaban J connectivity index is 2.10. The summed E-state index contributed by atoms with van der Waals surface area (Å²) < 4.78 is 4.04. The van der Waals surface area contributed by atoms with Crippen LogP contribution in [-0.2, 0) is 13.1 Å². The highest BCUT2D eigenvalue weighted by Crippen LogP contribution is 2.12. The fourth-order valence-corrected chi connectivity index (χ4v) is 2.06. The maximum absolute atomic E-state index is 4.61. The molecule has 0 aliphatic rings. The lowest BCUT2D eigenvalue weighted by Crippen LogP contribution is -2.09. The first-order valence-corrected chi connectivity index (χ1v) is 6.85. The first kappa shape index (κ1) is 13.8. The third-order valence-corrected chi connectivity index (χ3v) is 3.59. The van der Waals surface area contributed by atoms with Gasteiger partial charge in [-0.2, -0.15) is 10.2 Å². The van der Waals surface area contributed by atoms with E-state index in [1.54, 1.807) is 0 Å². The van der Waals surface area contributed by atoms with Gasteiger partial charge in [0.2, 0.25) is 0 Å². The van der Waals surface area contributed by atoms with Crippen LogP contribution in [0.5, 0.6) is 0 Å². The van der Waals surface area contributed by atoms with Crippen LogP contribution in [0.25, 0.3) is 0 Å². The lowest BCUT2D eigenvalue weighted by Gasteiger charge is -2.08. The molecule has 0 bridgehead atoms. The molecule has 0 fully saturated rings. The smallest absolute Gasteiger partial charge is 0.0852 e. The molecule has 0 amide bonds. The van der Waals surface area contributed by atoms with Gasteiger partial charge in [-0.25, -0.2) is 0 Å². The summed E-state index contributed by atoms with van der Waals surface area (Å²) in [5.74, 6) is 0. The molecule has 1 unspecified atom stereocenters. The Bertz CT molecular complexity index is 526. The lowest BCUT2D eigenvalue weighted by atomic mass is 10.2. The van der Waals surface area contributed by atoms with E-state index in [2.05, 4.69) is 48.5 Å². The van der Waals surface area contributed by atoms with Gasteiger partial charge in [0.05, 0.1) is 18.4 Å². The summed E-state index contributed by atoms with van der Waals surface area (Å²) in [7, 11) is 1.95. The molecule has 5 heteroatoms. The summed E-state index contributed by atoms with van der Waals surface area (Å²) in [5, 5.41) is 12.2. The van der Waals surface area contributed by atoms with E-state index in [0.717, 1.165) is 25.2 Å². The van der Waals surface area contributed by atoms with Crippen molar-refractivity contribution in [2.75, 3.05) is 7.05 Å². The van der Waals surface area contributed by atoms with Gasteiger partial charge in [0.15, 0.2) is 0 Å². The highest BCUT2D eigenvalue weighted by Gasteiger charge is 2.09. The Kier molecular flexibility index (Phi) is 4.37. The van der Waals surface area contributed by atoms with Crippen molar-refractivity contribution < 1.29 is 0 Å². The minimum atomic E-state index is 0.451. The van der Waals surface area contributed by atoms with Crippen LogP contribution >= 0.6 is 0 Å². The minimum absolute atomic E-state index is 0.451. The van der Waals surface area contributed by atoms with Gasteiger partial charge >= 0.3 is 0 Å². The molecule has 5 nitrogen and oxygen atoms in total. The highest BCUT2D eigenvalue weighted by molar-refractivity contribution is 5.17. The van der Waals surface area contributed by atoms with Crippen molar-refractivity contribution in [2.24, 2.45) is 0 Å². The van der Waals surface area contributed by atoms with Crippen molar-refractivity contribution in [3.63, 3.8) is 0 Å². The molecule has 0 aliphatic carbocycles. The van der Waals surface area contributed by atoms with Gasteiger partial charge in [-0.05, 0) is 33.4 Å². The number of nitrogens with zero attached hydrogens (tertiary/aromatic N) is 4. The average Bonchev–Trinajstić information content (AvgIpc) is 3.00. The molecule has 0 radical (unpaired) electrons. The highest BCUT2D eigenvalue weighted by atomic mass is 15.3. The zero-order valence-electron chi connectivity index (χ0n) is 12.2.